The molecule has 0 amide bonds. The predicted molar refractivity (Wildman–Crippen MR) is 90.8 cm³/mol. The highest BCUT2D eigenvalue weighted by Gasteiger charge is 2.56. The Morgan fingerprint density at radius 2 is 1.88 bits per heavy atom. The Morgan fingerprint density at radius 1 is 1.29 bits per heavy atom. The topological polar surface area (TPSA) is 106 Å². The molecule has 2 fully saturated rings. The number of azide groups is 1. The fourth-order valence-corrected chi connectivity index (χ4v) is 3.71. The predicted octanol–water partition coefficient (Wildman–Crippen LogP) is 2.92. The number of hydrogen-bond acceptors (Lipinski definition) is 6. The monoisotopic (exact) mass is 359 g/mol. The molecule has 2 heterocycles. The van der Waals surface area contributed by atoms with Crippen molar-refractivity contribution in [1.82, 2.24) is 0 Å². The third kappa shape index (κ3) is 3.93. The van der Waals surface area contributed by atoms with E-state index in [2.05, 4.69) is 43.9 Å². The van der Waals surface area contributed by atoms with Crippen molar-refractivity contribution in [2.24, 2.45) is 5.11 Å². The van der Waals surface area contributed by atoms with Crippen molar-refractivity contribution in [3.05, 3.63) is 10.4 Å². The lowest BCUT2D eigenvalue weighted by Crippen LogP contribution is -2.46. The molecule has 0 aliphatic carbocycles. The second-order valence-electron chi connectivity index (χ2n) is 8.40. The van der Waals surface area contributed by atoms with E-state index in [1.54, 1.807) is 13.8 Å². The lowest BCUT2D eigenvalue weighted by molar-refractivity contribution is -0.222. The van der Waals surface area contributed by atoms with E-state index in [9.17, 15) is 5.11 Å². The molecule has 1 unspecified atom stereocenters. The summed E-state index contributed by atoms with van der Waals surface area (Å²) in [6, 6.07) is -0.591. The van der Waals surface area contributed by atoms with Crippen molar-refractivity contribution in [2.75, 3.05) is 6.61 Å². The van der Waals surface area contributed by atoms with Gasteiger partial charge in [0.1, 0.15) is 18.3 Å². The van der Waals surface area contributed by atoms with Crippen LogP contribution in [0.4, 0.5) is 0 Å². The maximum atomic E-state index is 10.1. The van der Waals surface area contributed by atoms with E-state index >= 15 is 0 Å². The summed E-state index contributed by atoms with van der Waals surface area (Å²) in [6.45, 7) is 14.5. The van der Waals surface area contributed by atoms with Gasteiger partial charge in [-0.15, -0.1) is 0 Å². The third-order valence-electron chi connectivity index (χ3n) is 5.07. The van der Waals surface area contributed by atoms with Gasteiger partial charge < -0.3 is 23.7 Å². The molecule has 24 heavy (non-hydrogen) atoms. The molecule has 9 heteroatoms. The largest absolute Gasteiger partial charge is 0.416 e. The van der Waals surface area contributed by atoms with Crippen molar-refractivity contribution in [1.29, 1.82) is 0 Å². The molecule has 2 aliphatic heterocycles. The Kier molecular flexibility index (Phi) is 5.38. The van der Waals surface area contributed by atoms with Crippen LogP contribution in [0, 0.1) is 0 Å². The van der Waals surface area contributed by atoms with Gasteiger partial charge in [0.15, 0.2) is 20.4 Å². The Balaban J connectivity index is 2.12. The summed E-state index contributed by atoms with van der Waals surface area (Å²) in [5.41, 5.74) is 8.92. The van der Waals surface area contributed by atoms with Crippen LogP contribution in [-0.4, -0.2) is 56.5 Å². The average molecular weight is 359 g/mol. The summed E-state index contributed by atoms with van der Waals surface area (Å²) in [7, 11) is -2.00. The Bertz CT molecular complexity index is 516. The first-order valence-electron chi connectivity index (χ1n) is 8.25. The highest BCUT2D eigenvalue weighted by molar-refractivity contribution is 6.74. The maximum absolute atomic E-state index is 10.1. The van der Waals surface area contributed by atoms with Crippen molar-refractivity contribution in [2.45, 2.75) is 89.2 Å². The van der Waals surface area contributed by atoms with Gasteiger partial charge in [-0.25, -0.2) is 0 Å². The molecule has 8 nitrogen and oxygen atoms in total. The summed E-state index contributed by atoms with van der Waals surface area (Å²) >= 11 is 0. The van der Waals surface area contributed by atoms with E-state index in [0.29, 0.717) is 0 Å². The second-order valence-corrected chi connectivity index (χ2v) is 13.2. The molecule has 138 valence electrons. The van der Waals surface area contributed by atoms with E-state index in [1.165, 1.54) is 0 Å². The van der Waals surface area contributed by atoms with Crippen molar-refractivity contribution in [3.63, 3.8) is 0 Å². The molecular weight excluding hydrogens is 330 g/mol. The van der Waals surface area contributed by atoms with Crippen LogP contribution < -0.4 is 0 Å². The molecule has 0 aromatic carbocycles. The van der Waals surface area contributed by atoms with Crippen LogP contribution in [-0.2, 0) is 18.6 Å². The summed E-state index contributed by atoms with van der Waals surface area (Å²) < 4.78 is 23.3. The van der Waals surface area contributed by atoms with E-state index < -0.39 is 44.7 Å². The SMILES string of the molecule is CC1(C)O[C@H]2[C@@H]([C@@H](CO[Si](C)(C)C(C)(C)C)N=[N+]=[N-])OC(O)[C@H]2O1. The molecule has 2 saturated heterocycles. The van der Waals surface area contributed by atoms with Gasteiger partial charge in [0.25, 0.3) is 0 Å². The van der Waals surface area contributed by atoms with E-state index in [-0.39, 0.29) is 11.6 Å². The zero-order valence-corrected chi connectivity index (χ0v) is 16.5. The summed E-state index contributed by atoms with van der Waals surface area (Å²) in [5.74, 6) is -0.806. The normalized spacial score (nSPS) is 33.8. The van der Waals surface area contributed by atoms with Gasteiger partial charge in [0.05, 0.1) is 6.04 Å². The highest BCUT2D eigenvalue weighted by Crippen LogP contribution is 2.41. The van der Waals surface area contributed by atoms with Crippen LogP contribution in [0.3, 0.4) is 0 Å². The Labute approximate surface area is 144 Å². The minimum Gasteiger partial charge on any atom is -0.416 e. The summed E-state index contributed by atoms with van der Waals surface area (Å²) in [4.78, 5) is 2.92. The van der Waals surface area contributed by atoms with Crippen LogP contribution in [0.15, 0.2) is 5.11 Å². The molecule has 0 spiro atoms. The average Bonchev–Trinajstić information content (AvgIpc) is 2.88. The number of aliphatic hydroxyl groups excluding tert-OH is 1. The van der Waals surface area contributed by atoms with Gasteiger partial charge >= 0.3 is 0 Å². The number of ether oxygens (including phenoxy) is 3. The number of hydrogen-bond donors (Lipinski definition) is 1. The van der Waals surface area contributed by atoms with Crippen LogP contribution in [0.1, 0.15) is 34.6 Å². The molecule has 2 aliphatic rings. The number of fused-ring (bicyclic) bond motifs is 1. The van der Waals surface area contributed by atoms with Gasteiger partial charge in [-0.1, -0.05) is 25.9 Å². The van der Waals surface area contributed by atoms with Gasteiger partial charge in [-0.2, -0.15) is 0 Å². The fraction of sp³-hybridized carbons (Fsp3) is 1.00. The van der Waals surface area contributed by atoms with Crippen LogP contribution in [0.5, 0.6) is 0 Å². The first-order chi connectivity index (χ1) is 10.9. The molecule has 0 saturated carbocycles. The van der Waals surface area contributed by atoms with E-state index in [1.807, 2.05) is 0 Å². The number of nitrogens with zero attached hydrogens (tertiary/aromatic N) is 3. The van der Waals surface area contributed by atoms with E-state index in [4.69, 9.17) is 24.2 Å². The van der Waals surface area contributed by atoms with E-state index in [0.717, 1.165) is 0 Å². The minimum absolute atomic E-state index is 0.0431. The van der Waals surface area contributed by atoms with Crippen molar-refractivity contribution in [3.8, 4) is 0 Å². The number of aliphatic hydroxyl groups is 1. The zero-order chi connectivity index (χ0) is 18.3. The van der Waals surface area contributed by atoms with Gasteiger partial charge in [0.2, 0.25) is 0 Å². The van der Waals surface area contributed by atoms with Crippen molar-refractivity contribution < 1.29 is 23.7 Å². The quantitative estimate of drug-likeness (QED) is 0.351. The molecule has 0 aromatic heterocycles. The van der Waals surface area contributed by atoms with Gasteiger partial charge in [-0.05, 0) is 37.5 Å². The van der Waals surface area contributed by atoms with Crippen molar-refractivity contribution >= 4 is 8.32 Å². The van der Waals surface area contributed by atoms with Gasteiger partial charge in [-0.3, -0.25) is 0 Å². The smallest absolute Gasteiger partial charge is 0.191 e. The standard InChI is InChI=1S/C15H29N3O5Si/c1-14(2,3)24(6,7)20-8-9(17-18-16)10-11-12(13(19)21-10)23-15(4,5)22-11/h9-13,19H,8H2,1-7H3/t9-,10-,11+,12+,13?/m1/s1. The highest BCUT2D eigenvalue weighted by atomic mass is 28.4. The lowest BCUT2D eigenvalue weighted by Gasteiger charge is -2.37. The summed E-state index contributed by atoms with van der Waals surface area (Å²) in [6.07, 6.45) is -2.79. The first-order valence-corrected chi connectivity index (χ1v) is 11.2. The molecule has 0 bridgehead atoms. The fourth-order valence-electron chi connectivity index (χ4n) is 2.69. The van der Waals surface area contributed by atoms with Crippen LogP contribution >= 0.6 is 0 Å². The Hall–Kier alpha value is -0.673. The van der Waals surface area contributed by atoms with Crippen LogP contribution in [0.2, 0.25) is 18.1 Å². The molecule has 0 aromatic rings. The number of rotatable bonds is 5. The van der Waals surface area contributed by atoms with Crippen LogP contribution in [0.25, 0.3) is 10.4 Å². The lowest BCUT2D eigenvalue weighted by atomic mass is 10.1. The van der Waals surface area contributed by atoms with Gasteiger partial charge in [0, 0.05) is 11.5 Å². The first kappa shape index (κ1) is 19.6. The molecular formula is C15H29N3O5Si. The minimum atomic E-state index is -2.00. The molecule has 1 N–H and O–H groups in total. The molecule has 5 atom stereocenters. The Morgan fingerprint density at radius 3 is 2.42 bits per heavy atom. The molecule has 0 radical (unpaired) electrons. The maximum Gasteiger partial charge on any atom is 0.191 e. The summed E-state index contributed by atoms with van der Waals surface area (Å²) in [5, 5.41) is 14.0. The molecule has 2 rings (SSSR count). The second kappa shape index (κ2) is 6.57. The zero-order valence-electron chi connectivity index (χ0n) is 15.5. The third-order valence-corrected chi connectivity index (χ3v) is 9.57.